The summed E-state index contributed by atoms with van der Waals surface area (Å²) in [5, 5.41) is 0. The Kier molecular flexibility index (Phi) is 1.76. The monoisotopic (exact) mass is 151 g/mol. The second kappa shape index (κ2) is 2.57. The van der Waals surface area contributed by atoms with Gasteiger partial charge in [0.1, 0.15) is 5.56 Å². The van der Waals surface area contributed by atoms with E-state index in [9.17, 15) is 9.59 Å². The minimum Gasteiger partial charge on any atom is -0.365 e. The average Bonchev–Trinajstić information content (AvgIpc) is 1.94. The number of hydrogen-bond donors (Lipinski definition) is 1. The van der Waals surface area contributed by atoms with Crippen LogP contribution in [0.25, 0.3) is 0 Å². The van der Waals surface area contributed by atoms with Crippen LogP contribution < -0.4 is 11.3 Å². The molecule has 0 aliphatic heterocycles. The third-order valence-corrected chi connectivity index (χ3v) is 1.31. The van der Waals surface area contributed by atoms with E-state index in [0.29, 0.717) is 0 Å². The first kappa shape index (κ1) is 7.53. The molecule has 1 aromatic rings. The number of carbonyl (C=O) groups is 1. The third-order valence-electron chi connectivity index (χ3n) is 1.31. The van der Waals surface area contributed by atoms with Gasteiger partial charge in [0, 0.05) is 19.3 Å². The van der Waals surface area contributed by atoms with Crippen molar-refractivity contribution in [1.29, 1.82) is 0 Å². The lowest BCUT2D eigenvalue weighted by atomic mass is 10.3. The maximum Gasteiger partial charge on any atom is 0.263 e. The highest BCUT2D eigenvalue weighted by molar-refractivity contribution is 5.91. The normalized spacial score (nSPS) is 9.55. The van der Waals surface area contributed by atoms with Crippen molar-refractivity contribution >= 4 is 5.91 Å². The molecule has 1 heterocycles. The van der Waals surface area contributed by atoms with E-state index >= 15 is 0 Å². The number of nitrogens with two attached hydrogens (primary N) is 1. The lowest BCUT2D eigenvalue weighted by Gasteiger charge is -1.96. The molecular formula is C7H7N2O2. The van der Waals surface area contributed by atoms with E-state index in [1.807, 2.05) is 0 Å². The van der Waals surface area contributed by atoms with Crippen molar-refractivity contribution in [3.63, 3.8) is 0 Å². The molecule has 0 aromatic carbocycles. The van der Waals surface area contributed by atoms with Gasteiger partial charge in [-0.05, 0) is 6.07 Å². The van der Waals surface area contributed by atoms with Crippen LogP contribution in [0, 0.1) is 6.07 Å². The van der Waals surface area contributed by atoms with Crippen molar-refractivity contribution in [1.82, 2.24) is 4.57 Å². The van der Waals surface area contributed by atoms with E-state index < -0.39 is 11.5 Å². The molecule has 0 atom stereocenters. The van der Waals surface area contributed by atoms with Gasteiger partial charge in [-0.1, -0.05) is 0 Å². The number of carbonyl (C=O) groups excluding carboxylic acids is 1. The molecule has 0 aliphatic rings. The van der Waals surface area contributed by atoms with E-state index in [2.05, 4.69) is 6.07 Å². The van der Waals surface area contributed by atoms with Gasteiger partial charge in [-0.15, -0.1) is 0 Å². The summed E-state index contributed by atoms with van der Waals surface area (Å²) in [6, 6.07) is 3.94. The molecule has 57 valence electrons. The van der Waals surface area contributed by atoms with Crippen molar-refractivity contribution in [3.8, 4) is 0 Å². The Bertz CT molecular complexity index is 341. The lowest BCUT2D eigenvalue weighted by molar-refractivity contribution is 0.0998. The number of hydrogen-bond acceptors (Lipinski definition) is 2. The van der Waals surface area contributed by atoms with E-state index in [4.69, 9.17) is 5.73 Å². The Morgan fingerprint density at radius 2 is 2.36 bits per heavy atom. The first-order valence-corrected chi connectivity index (χ1v) is 3.00. The summed E-state index contributed by atoms with van der Waals surface area (Å²) in [5.74, 6) is -0.744. The molecule has 0 saturated carbocycles. The molecule has 4 heteroatoms. The Labute approximate surface area is 63.3 Å². The predicted molar refractivity (Wildman–Crippen MR) is 39.0 cm³/mol. The molecule has 2 N–H and O–H groups in total. The molecule has 0 spiro atoms. The van der Waals surface area contributed by atoms with Crippen LogP contribution in [0.2, 0.25) is 0 Å². The maximum atomic E-state index is 11.0. The van der Waals surface area contributed by atoms with Crippen molar-refractivity contribution < 1.29 is 4.79 Å². The minimum absolute atomic E-state index is 0.102. The van der Waals surface area contributed by atoms with E-state index in [0.717, 1.165) is 0 Å². The minimum atomic E-state index is -0.744. The van der Waals surface area contributed by atoms with Crippen LogP contribution in [0.5, 0.6) is 0 Å². The summed E-state index contributed by atoms with van der Waals surface area (Å²) in [4.78, 5) is 21.6. The van der Waals surface area contributed by atoms with Gasteiger partial charge >= 0.3 is 0 Å². The van der Waals surface area contributed by atoms with Crippen LogP contribution in [0.1, 0.15) is 10.4 Å². The van der Waals surface area contributed by atoms with Crippen LogP contribution in [-0.4, -0.2) is 10.5 Å². The smallest absolute Gasteiger partial charge is 0.263 e. The molecule has 1 aromatic heterocycles. The molecule has 1 amide bonds. The van der Waals surface area contributed by atoms with E-state index in [-0.39, 0.29) is 5.56 Å². The summed E-state index contributed by atoms with van der Waals surface area (Å²) in [6.07, 6.45) is 1.51. The Morgan fingerprint density at radius 1 is 1.73 bits per heavy atom. The zero-order chi connectivity index (χ0) is 8.43. The summed E-state index contributed by atoms with van der Waals surface area (Å²) >= 11 is 0. The fourth-order valence-corrected chi connectivity index (χ4v) is 0.715. The lowest BCUT2D eigenvalue weighted by Crippen LogP contribution is -2.27. The molecular weight excluding hydrogens is 144 g/mol. The van der Waals surface area contributed by atoms with Crippen molar-refractivity contribution in [2.45, 2.75) is 0 Å². The van der Waals surface area contributed by atoms with Crippen LogP contribution in [0.15, 0.2) is 17.1 Å². The highest BCUT2D eigenvalue weighted by Gasteiger charge is 2.05. The predicted octanol–water partition coefficient (Wildman–Crippen LogP) is -0.716. The van der Waals surface area contributed by atoms with Crippen molar-refractivity contribution in [2.24, 2.45) is 12.8 Å². The highest BCUT2D eigenvalue weighted by Crippen LogP contribution is 1.86. The Morgan fingerprint density at radius 3 is 2.82 bits per heavy atom. The number of primary amides is 1. The SMILES string of the molecule is Cn1cc[c]c(C(N)=O)c1=O. The molecule has 1 radical (unpaired) electrons. The third kappa shape index (κ3) is 1.29. The van der Waals surface area contributed by atoms with Crippen molar-refractivity contribution in [3.05, 3.63) is 34.2 Å². The van der Waals surface area contributed by atoms with Gasteiger partial charge < -0.3 is 10.3 Å². The number of pyridine rings is 1. The van der Waals surface area contributed by atoms with Gasteiger partial charge in [0.25, 0.3) is 11.5 Å². The number of rotatable bonds is 1. The fourth-order valence-electron chi connectivity index (χ4n) is 0.715. The van der Waals surface area contributed by atoms with E-state index in [1.165, 1.54) is 16.8 Å². The first-order chi connectivity index (χ1) is 5.13. The highest BCUT2D eigenvalue weighted by atomic mass is 16.2. The van der Waals surface area contributed by atoms with Crippen LogP contribution in [-0.2, 0) is 7.05 Å². The standard InChI is InChI=1S/C7H7N2O2/c1-9-4-2-3-5(6(8)10)7(9)11/h2,4H,1H3,(H2,8,10). The summed E-state index contributed by atoms with van der Waals surface area (Å²) < 4.78 is 1.27. The van der Waals surface area contributed by atoms with Crippen molar-refractivity contribution in [2.75, 3.05) is 0 Å². The molecule has 0 fully saturated rings. The van der Waals surface area contributed by atoms with Crippen LogP contribution >= 0.6 is 0 Å². The van der Waals surface area contributed by atoms with E-state index in [1.54, 1.807) is 7.05 Å². The summed E-state index contributed by atoms with van der Waals surface area (Å²) in [5.41, 5.74) is 4.38. The van der Waals surface area contributed by atoms with Gasteiger partial charge in [-0.2, -0.15) is 0 Å². The fraction of sp³-hybridized carbons (Fsp3) is 0.143. The Balaban J connectivity index is 3.40. The largest absolute Gasteiger partial charge is 0.365 e. The van der Waals surface area contributed by atoms with Gasteiger partial charge in [-0.25, -0.2) is 0 Å². The molecule has 0 unspecified atom stereocenters. The maximum absolute atomic E-state index is 11.0. The molecule has 0 aliphatic carbocycles. The van der Waals surface area contributed by atoms with Gasteiger partial charge in [0.15, 0.2) is 0 Å². The molecule has 11 heavy (non-hydrogen) atoms. The molecule has 4 nitrogen and oxygen atoms in total. The molecule has 0 bridgehead atoms. The zero-order valence-corrected chi connectivity index (χ0v) is 6.00. The summed E-state index contributed by atoms with van der Waals surface area (Å²) in [7, 11) is 1.54. The van der Waals surface area contributed by atoms with Crippen LogP contribution in [0.3, 0.4) is 0 Å². The number of amides is 1. The molecule has 0 saturated heterocycles. The topological polar surface area (TPSA) is 65.1 Å². The quantitative estimate of drug-likeness (QED) is 0.575. The zero-order valence-electron chi connectivity index (χ0n) is 6.00. The average molecular weight is 151 g/mol. The van der Waals surface area contributed by atoms with Gasteiger partial charge in [0.2, 0.25) is 0 Å². The second-order valence-electron chi connectivity index (χ2n) is 2.12. The van der Waals surface area contributed by atoms with Gasteiger partial charge in [-0.3, -0.25) is 9.59 Å². The Hall–Kier alpha value is -1.58. The summed E-state index contributed by atoms with van der Waals surface area (Å²) in [6.45, 7) is 0. The number of aromatic nitrogens is 1. The first-order valence-electron chi connectivity index (χ1n) is 3.00. The second-order valence-corrected chi connectivity index (χ2v) is 2.12. The van der Waals surface area contributed by atoms with Crippen LogP contribution in [0.4, 0.5) is 0 Å². The van der Waals surface area contributed by atoms with Gasteiger partial charge in [0.05, 0.1) is 0 Å². The number of aryl methyl sites for hydroxylation is 1. The molecule has 1 rings (SSSR count). The number of nitrogens with zero attached hydrogens (tertiary/aromatic N) is 1.